The summed E-state index contributed by atoms with van der Waals surface area (Å²) in [5.41, 5.74) is 5.60. The minimum Gasteiger partial charge on any atom is -0.322 e. The monoisotopic (exact) mass is 385 g/mol. The van der Waals surface area contributed by atoms with Crippen LogP contribution < -0.4 is 5.32 Å². The Morgan fingerprint density at radius 3 is 2.14 bits per heavy atom. The van der Waals surface area contributed by atoms with Crippen molar-refractivity contribution in [2.24, 2.45) is 0 Å². The van der Waals surface area contributed by atoms with Gasteiger partial charge in [0.05, 0.1) is 0 Å². The summed E-state index contributed by atoms with van der Waals surface area (Å²) < 4.78 is 0. The Kier molecular flexibility index (Phi) is 5.69. The molecule has 0 saturated heterocycles. The summed E-state index contributed by atoms with van der Waals surface area (Å²) in [5.74, 6) is -0.237. The molecule has 3 aromatic carbocycles. The molecule has 148 valence electrons. The van der Waals surface area contributed by atoms with Gasteiger partial charge in [0.15, 0.2) is 5.78 Å². The van der Waals surface area contributed by atoms with E-state index in [0.717, 1.165) is 11.1 Å². The highest BCUT2D eigenvalue weighted by molar-refractivity contribution is 6.10. The van der Waals surface area contributed by atoms with E-state index in [2.05, 4.69) is 26.1 Å². The van der Waals surface area contributed by atoms with E-state index in [1.165, 1.54) is 5.56 Å². The van der Waals surface area contributed by atoms with Gasteiger partial charge in [-0.25, -0.2) is 0 Å². The zero-order valence-corrected chi connectivity index (χ0v) is 17.7. The van der Waals surface area contributed by atoms with Crippen molar-refractivity contribution in [3.8, 4) is 0 Å². The zero-order chi connectivity index (χ0) is 21.2. The molecule has 3 rings (SSSR count). The lowest BCUT2D eigenvalue weighted by Crippen LogP contribution is -2.14. The Labute approximate surface area is 172 Å². The normalized spacial score (nSPS) is 11.2. The van der Waals surface area contributed by atoms with E-state index in [4.69, 9.17) is 0 Å². The Morgan fingerprint density at radius 2 is 1.48 bits per heavy atom. The molecule has 3 aromatic rings. The Morgan fingerprint density at radius 1 is 0.793 bits per heavy atom. The van der Waals surface area contributed by atoms with Gasteiger partial charge in [-0.15, -0.1) is 0 Å². The van der Waals surface area contributed by atoms with Crippen molar-refractivity contribution in [3.63, 3.8) is 0 Å². The van der Waals surface area contributed by atoms with Crippen LogP contribution in [0.3, 0.4) is 0 Å². The third-order valence-corrected chi connectivity index (χ3v) is 5.03. The summed E-state index contributed by atoms with van der Waals surface area (Å²) in [6, 6.07) is 20.6. The van der Waals surface area contributed by atoms with Crippen LogP contribution in [0.1, 0.15) is 63.7 Å². The fraction of sp³-hybridized carbons (Fsp3) is 0.231. The second kappa shape index (κ2) is 8.04. The number of anilines is 1. The molecule has 0 atom stereocenters. The number of aryl methyl sites for hydroxylation is 2. The summed E-state index contributed by atoms with van der Waals surface area (Å²) in [4.78, 5) is 25.6. The average molecular weight is 386 g/mol. The van der Waals surface area contributed by atoms with Gasteiger partial charge in [0.1, 0.15) is 0 Å². The largest absolute Gasteiger partial charge is 0.322 e. The molecule has 3 heteroatoms. The van der Waals surface area contributed by atoms with E-state index in [0.29, 0.717) is 22.4 Å². The third kappa shape index (κ3) is 4.80. The van der Waals surface area contributed by atoms with E-state index >= 15 is 0 Å². The van der Waals surface area contributed by atoms with Crippen molar-refractivity contribution >= 4 is 17.4 Å². The van der Waals surface area contributed by atoms with Gasteiger partial charge >= 0.3 is 0 Å². The number of hydrogen-bond donors (Lipinski definition) is 1. The van der Waals surface area contributed by atoms with Crippen molar-refractivity contribution in [3.05, 3.63) is 100 Å². The van der Waals surface area contributed by atoms with E-state index in [-0.39, 0.29) is 17.1 Å². The molecule has 0 aliphatic heterocycles. The second-order valence-electron chi connectivity index (χ2n) is 8.51. The fourth-order valence-electron chi connectivity index (χ4n) is 3.21. The van der Waals surface area contributed by atoms with Crippen molar-refractivity contribution in [1.29, 1.82) is 0 Å². The minimum absolute atomic E-state index is 0.0414. The van der Waals surface area contributed by atoms with Gasteiger partial charge in [0.2, 0.25) is 0 Å². The highest BCUT2D eigenvalue weighted by atomic mass is 16.1. The maximum atomic E-state index is 12.9. The second-order valence-corrected chi connectivity index (χ2v) is 8.51. The van der Waals surface area contributed by atoms with Crippen LogP contribution in [0.15, 0.2) is 66.7 Å². The molecule has 0 aliphatic rings. The molecule has 0 heterocycles. The number of amides is 1. The Hall–Kier alpha value is -3.20. The van der Waals surface area contributed by atoms with Crippen LogP contribution in [0.25, 0.3) is 0 Å². The smallest absolute Gasteiger partial charge is 0.255 e. The maximum absolute atomic E-state index is 12.9. The van der Waals surface area contributed by atoms with Gasteiger partial charge < -0.3 is 5.32 Å². The van der Waals surface area contributed by atoms with E-state index in [1.54, 1.807) is 24.3 Å². The number of carbonyl (C=O) groups excluding carboxylic acids is 2. The van der Waals surface area contributed by atoms with Gasteiger partial charge in [-0.1, -0.05) is 74.9 Å². The van der Waals surface area contributed by atoms with Gasteiger partial charge in [-0.3, -0.25) is 9.59 Å². The molecule has 0 radical (unpaired) electrons. The highest BCUT2D eigenvalue weighted by Crippen LogP contribution is 2.23. The van der Waals surface area contributed by atoms with Crippen molar-refractivity contribution in [2.45, 2.75) is 40.0 Å². The summed E-state index contributed by atoms with van der Waals surface area (Å²) in [7, 11) is 0. The molecule has 0 fully saturated rings. The van der Waals surface area contributed by atoms with E-state index in [1.807, 2.05) is 56.3 Å². The lowest BCUT2D eigenvalue weighted by Gasteiger charge is -2.19. The topological polar surface area (TPSA) is 46.2 Å². The van der Waals surface area contributed by atoms with Crippen LogP contribution in [0, 0.1) is 13.8 Å². The van der Waals surface area contributed by atoms with Crippen LogP contribution in [0.4, 0.5) is 5.69 Å². The van der Waals surface area contributed by atoms with Crippen LogP contribution in [0.5, 0.6) is 0 Å². The van der Waals surface area contributed by atoms with Crippen LogP contribution in [0.2, 0.25) is 0 Å². The zero-order valence-electron chi connectivity index (χ0n) is 17.7. The maximum Gasteiger partial charge on any atom is 0.255 e. The fourth-order valence-corrected chi connectivity index (χ4v) is 3.21. The molecule has 0 aromatic heterocycles. The predicted molar refractivity (Wildman–Crippen MR) is 119 cm³/mol. The molecule has 0 unspecified atom stereocenters. The first-order valence-corrected chi connectivity index (χ1v) is 9.79. The third-order valence-electron chi connectivity index (χ3n) is 5.03. The summed E-state index contributed by atoms with van der Waals surface area (Å²) in [5, 5.41) is 2.91. The number of nitrogens with one attached hydrogen (secondary N) is 1. The number of benzene rings is 3. The van der Waals surface area contributed by atoms with Crippen LogP contribution in [-0.4, -0.2) is 11.7 Å². The van der Waals surface area contributed by atoms with Gasteiger partial charge in [0.25, 0.3) is 5.91 Å². The lowest BCUT2D eigenvalue weighted by atomic mass is 9.86. The molecule has 1 N–H and O–H groups in total. The molecule has 0 saturated carbocycles. The van der Waals surface area contributed by atoms with Gasteiger partial charge in [-0.2, -0.15) is 0 Å². The lowest BCUT2D eigenvalue weighted by molar-refractivity contribution is 0.102. The van der Waals surface area contributed by atoms with Gasteiger partial charge in [0, 0.05) is 22.4 Å². The van der Waals surface area contributed by atoms with Crippen LogP contribution >= 0.6 is 0 Å². The quantitative estimate of drug-likeness (QED) is 0.553. The molecular formula is C26H27NO2. The Bertz CT molecular complexity index is 1060. The molecule has 0 spiro atoms. The highest BCUT2D eigenvalue weighted by Gasteiger charge is 2.16. The van der Waals surface area contributed by atoms with E-state index < -0.39 is 0 Å². The molecule has 0 aliphatic carbocycles. The molecule has 0 bridgehead atoms. The van der Waals surface area contributed by atoms with E-state index in [9.17, 15) is 9.59 Å². The van der Waals surface area contributed by atoms with Crippen molar-refractivity contribution in [2.75, 3.05) is 5.32 Å². The standard InChI is InChI=1S/C26H27NO2/c1-17-9-10-18(2)23(15-17)25(29)27-22-8-6-7-20(16-22)24(28)19-11-13-21(14-12-19)26(3,4)5/h6-16H,1-5H3,(H,27,29). The summed E-state index contributed by atoms with van der Waals surface area (Å²) in [6.07, 6.45) is 0. The first-order chi connectivity index (χ1) is 13.6. The molecule has 1 amide bonds. The predicted octanol–water partition coefficient (Wildman–Crippen LogP) is 6.08. The number of ketones is 1. The number of carbonyl (C=O) groups is 2. The number of rotatable bonds is 4. The van der Waals surface area contributed by atoms with Crippen molar-refractivity contribution < 1.29 is 9.59 Å². The molecule has 29 heavy (non-hydrogen) atoms. The van der Waals surface area contributed by atoms with Crippen LogP contribution in [-0.2, 0) is 5.41 Å². The molecule has 3 nitrogen and oxygen atoms in total. The number of hydrogen-bond acceptors (Lipinski definition) is 2. The minimum atomic E-state index is -0.176. The summed E-state index contributed by atoms with van der Waals surface area (Å²) >= 11 is 0. The SMILES string of the molecule is Cc1ccc(C)c(C(=O)Nc2cccc(C(=O)c3ccc(C(C)(C)C)cc3)c2)c1. The first-order valence-electron chi connectivity index (χ1n) is 9.79. The first kappa shape index (κ1) is 20.5. The van der Waals surface area contributed by atoms with Gasteiger partial charge in [-0.05, 0) is 48.6 Å². The Balaban J connectivity index is 1.81. The summed E-state index contributed by atoms with van der Waals surface area (Å²) in [6.45, 7) is 10.3. The van der Waals surface area contributed by atoms with Crippen molar-refractivity contribution in [1.82, 2.24) is 0 Å². The molecular weight excluding hydrogens is 358 g/mol. The average Bonchev–Trinajstić information content (AvgIpc) is 2.69.